The van der Waals surface area contributed by atoms with Gasteiger partial charge < -0.3 is 9.47 Å². The highest BCUT2D eigenvalue weighted by atomic mass is 16.7. The molecule has 64 valence electrons. The van der Waals surface area contributed by atoms with E-state index >= 15 is 0 Å². The Morgan fingerprint density at radius 2 is 2.18 bits per heavy atom. The van der Waals surface area contributed by atoms with Crippen LogP contribution >= 0.6 is 0 Å². The van der Waals surface area contributed by atoms with E-state index in [1.54, 1.807) is 0 Å². The van der Waals surface area contributed by atoms with Crippen LogP contribution in [-0.2, 0) is 9.47 Å². The van der Waals surface area contributed by atoms with Crippen LogP contribution in [0, 0.1) is 0 Å². The summed E-state index contributed by atoms with van der Waals surface area (Å²) in [6.45, 7) is 3.03. The van der Waals surface area contributed by atoms with Crippen LogP contribution in [0.15, 0.2) is 0 Å². The van der Waals surface area contributed by atoms with Gasteiger partial charge in [-0.15, -0.1) is 0 Å². The second-order valence-corrected chi connectivity index (χ2v) is 3.68. The van der Waals surface area contributed by atoms with Crippen molar-refractivity contribution in [3.8, 4) is 0 Å². The van der Waals surface area contributed by atoms with Crippen LogP contribution in [0.5, 0.6) is 0 Å². The lowest BCUT2D eigenvalue weighted by atomic mass is 10.0. The fourth-order valence-electron chi connectivity index (χ4n) is 2.02. The van der Waals surface area contributed by atoms with Gasteiger partial charge >= 0.3 is 0 Å². The molecule has 0 bridgehead atoms. The second-order valence-electron chi connectivity index (χ2n) is 3.68. The monoisotopic (exact) mass is 156 g/mol. The van der Waals surface area contributed by atoms with E-state index in [-0.39, 0.29) is 5.79 Å². The summed E-state index contributed by atoms with van der Waals surface area (Å²) in [4.78, 5) is 0. The van der Waals surface area contributed by atoms with Gasteiger partial charge in [-0.1, -0.05) is 0 Å². The number of rotatable bonds is 0. The first-order chi connectivity index (χ1) is 5.31. The Bertz CT molecular complexity index is 133. The quantitative estimate of drug-likeness (QED) is 0.534. The number of hydrogen-bond donors (Lipinski definition) is 0. The van der Waals surface area contributed by atoms with E-state index in [0.29, 0.717) is 6.10 Å². The summed E-state index contributed by atoms with van der Waals surface area (Å²) in [7, 11) is 0. The molecule has 2 aliphatic rings. The van der Waals surface area contributed by atoms with E-state index in [1.165, 1.54) is 19.3 Å². The summed E-state index contributed by atoms with van der Waals surface area (Å²) < 4.78 is 11.4. The van der Waals surface area contributed by atoms with Crippen LogP contribution in [0.3, 0.4) is 0 Å². The molecule has 2 nitrogen and oxygen atoms in total. The minimum atomic E-state index is -0.155. The van der Waals surface area contributed by atoms with Gasteiger partial charge in [0.05, 0.1) is 12.7 Å². The van der Waals surface area contributed by atoms with Crippen molar-refractivity contribution >= 4 is 0 Å². The molecule has 0 aromatic heterocycles. The molecule has 0 aromatic rings. The Labute approximate surface area is 67.9 Å². The Balaban J connectivity index is 1.98. The molecule has 2 fully saturated rings. The Hall–Kier alpha value is -0.0800. The van der Waals surface area contributed by atoms with Crippen molar-refractivity contribution in [2.75, 3.05) is 6.61 Å². The predicted octanol–water partition coefficient (Wildman–Crippen LogP) is 2.08. The predicted molar refractivity (Wildman–Crippen MR) is 42.3 cm³/mol. The molecule has 0 radical (unpaired) electrons. The lowest BCUT2D eigenvalue weighted by Crippen LogP contribution is -2.35. The minimum Gasteiger partial charge on any atom is -0.350 e. The normalized spacial score (nSPS) is 45.0. The summed E-state index contributed by atoms with van der Waals surface area (Å²) in [5.74, 6) is -0.155. The zero-order chi connectivity index (χ0) is 7.73. The van der Waals surface area contributed by atoms with Crippen LogP contribution in [0.4, 0.5) is 0 Å². The van der Waals surface area contributed by atoms with E-state index in [9.17, 15) is 0 Å². The lowest BCUT2D eigenvalue weighted by molar-refractivity contribution is -0.242. The van der Waals surface area contributed by atoms with E-state index in [0.717, 1.165) is 19.4 Å². The van der Waals surface area contributed by atoms with Crippen LogP contribution in [0.25, 0.3) is 0 Å². The molecule has 1 unspecified atom stereocenters. The van der Waals surface area contributed by atoms with Crippen molar-refractivity contribution in [1.82, 2.24) is 0 Å². The number of ether oxygens (including phenoxy) is 2. The third-order valence-electron chi connectivity index (χ3n) is 2.66. The van der Waals surface area contributed by atoms with Gasteiger partial charge in [0.1, 0.15) is 0 Å². The van der Waals surface area contributed by atoms with Gasteiger partial charge in [0.2, 0.25) is 0 Å². The minimum absolute atomic E-state index is 0.155. The van der Waals surface area contributed by atoms with E-state index < -0.39 is 0 Å². The molecular formula is C9H16O2. The molecular weight excluding hydrogens is 140 g/mol. The van der Waals surface area contributed by atoms with E-state index in [2.05, 4.69) is 6.92 Å². The molecule has 2 atom stereocenters. The zero-order valence-corrected chi connectivity index (χ0v) is 7.14. The van der Waals surface area contributed by atoms with Crippen LogP contribution in [0.1, 0.15) is 39.0 Å². The molecule has 0 aliphatic carbocycles. The Morgan fingerprint density at radius 3 is 2.73 bits per heavy atom. The second kappa shape index (κ2) is 2.76. The standard InChI is InChI=1S/C9H16O2/c1-8-4-6-9(11-8)5-2-3-7-10-9/h8H,2-7H2,1H3/t8-,9?/m1/s1. The summed E-state index contributed by atoms with van der Waals surface area (Å²) in [5.41, 5.74) is 0. The largest absolute Gasteiger partial charge is 0.350 e. The molecule has 11 heavy (non-hydrogen) atoms. The van der Waals surface area contributed by atoms with Crippen LogP contribution in [0.2, 0.25) is 0 Å². The fourth-order valence-corrected chi connectivity index (χ4v) is 2.02. The van der Waals surface area contributed by atoms with E-state index in [1.807, 2.05) is 0 Å². The molecule has 1 spiro atoms. The first-order valence-electron chi connectivity index (χ1n) is 4.63. The summed E-state index contributed by atoms with van der Waals surface area (Å²) in [6, 6.07) is 0. The lowest BCUT2D eigenvalue weighted by Gasteiger charge is -2.33. The van der Waals surface area contributed by atoms with Gasteiger partial charge in [-0.2, -0.15) is 0 Å². The summed E-state index contributed by atoms with van der Waals surface area (Å²) >= 11 is 0. The molecule has 2 rings (SSSR count). The Kier molecular flexibility index (Phi) is 1.90. The van der Waals surface area contributed by atoms with Crippen molar-refractivity contribution < 1.29 is 9.47 Å². The SMILES string of the molecule is C[C@@H]1CCC2(CCCCO2)O1. The molecule has 2 heteroatoms. The summed E-state index contributed by atoms with van der Waals surface area (Å²) in [6.07, 6.45) is 6.27. The summed E-state index contributed by atoms with van der Waals surface area (Å²) in [5, 5.41) is 0. The average molecular weight is 156 g/mol. The molecule has 0 saturated carbocycles. The van der Waals surface area contributed by atoms with Crippen LogP contribution in [-0.4, -0.2) is 18.5 Å². The molecule has 0 amide bonds. The first kappa shape index (κ1) is 7.56. The van der Waals surface area contributed by atoms with Crippen molar-refractivity contribution in [3.05, 3.63) is 0 Å². The third-order valence-corrected chi connectivity index (χ3v) is 2.66. The topological polar surface area (TPSA) is 18.5 Å². The van der Waals surface area contributed by atoms with Gasteiger partial charge in [-0.25, -0.2) is 0 Å². The first-order valence-corrected chi connectivity index (χ1v) is 4.63. The van der Waals surface area contributed by atoms with Crippen molar-refractivity contribution in [2.45, 2.75) is 50.9 Å². The highest BCUT2D eigenvalue weighted by Gasteiger charge is 2.40. The van der Waals surface area contributed by atoms with Gasteiger partial charge in [-0.3, -0.25) is 0 Å². The Morgan fingerprint density at radius 1 is 1.27 bits per heavy atom. The maximum Gasteiger partial charge on any atom is 0.168 e. The molecule has 2 heterocycles. The van der Waals surface area contributed by atoms with Gasteiger partial charge in [-0.05, 0) is 26.2 Å². The fraction of sp³-hybridized carbons (Fsp3) is 1.00. The maximum atomic E-state index is 5.77. The molecule has 0 N–H and O–H groups in total. The highest BCUT2D eigenvalue weighted by molar-refractivity contribution is 4.81. The molecule has 2 aliphatic heterocycles. The van der Waals surface area contributed by atoms with E-state index in [4.69, 9.17) is 9.47 Å². The van der Waals surface area contributed by atoms with Crippen molar-refractivity contribution in [1.29, 1.82) is 0 Å². The average Bonchev–Trinajstić information content (AvgIpc) is 2.34. The number of hydrogen-bond acceptors (Lipinski definition) is 2. The van der Waals surface area contributed by atoms with Crippen molar-refractivity contribution in [2.24, 2.45) is 0 Å². The van der Waals surface area contributed by atoms with Crippen LogP contribution < -0.4 is 0 Å². The molecule has 2 saturated heterocycles. The zero-order valence-electron chi connectivity index (χ0n) is 7.14. The maximum absolute atomic E-state index is 5.77. The smallest absolute Gasteiger partial charge is 0.168 e. The molecule has 0 aromatic carbocycles. The van der Waals surface area contributed by atoms with Gasteiger partial charge in [0.25, 0.3) is 0 Å². The van der Waals surface area contributed by atoms with Gasteiger partial charge in [0.15, 0.2) is 5.79 Å². The third kappa shape index (κ3) is 1.42. The van der Waals surface area contributed by atoms with Crippen molar-refractivity contribution in [3.63, 3.8) is 0 Å². The van der Waals surface area contributed by atoms with Gasteiger partial charge in [0, 0.05) is 12.8 Å². The highest BCUT2D eigenvalue weighted by Crippen LogP contribution is 2.37.